The van der Waals surface area contributed by atoms with Crippen LogP contribution in [0.5, 0.6) is 0 Å². The summed E-state index contributed by atoms with van der Waals surface area (Å²) in [5, 5.41) is 12.0. The average Bonchev–Trinajstić information content (AvgIpc) is 3.21. The second kappa shape index (κ2) is 5.48. The fourth-order valence-electron chi connectivity index (χ4n) is 4.64. The van der Waals surface area contributed by atoms with Gasteiger partial charge in [0, 0.05) is 6.04 Å². The highest BCUT2D eigenvalue weighted by Gasteiger charge is 2.56. The van der Waals surface area contributed by atoms with Gasteiger partial charge in [-0.1, -0.05) is 20.8 Å². The molecule has 0 aromatic carbocycles. The molecule has 0 bridgehead atoms. The van der Waals surface area contributed by atoms with Crippen molar-refractivity contribution in [3.63, 3.8) is 0 Å². The summed E-state index contributed by atoms with van der Waals surface area (Å²) in [7, 11) is 0. The smallest absolute Gasteiger partial charge is 0.323 e. The number of hydrogen-bond donors (Lipinski definition) is 1. The number of urea groups is 1. The zero-order chi connectivity index (χ0) is 16.8. The topological polar surface area (TPSA) is 76.4 Å². The Kier molecular flexibility index (Phi) is 3.88. The van der Waals surface area contributed by atoms with Crippen molar-refractivity contribution < 1.29 is 9.59 Å². The first-order valence-electron chi connectivity index (χ1n) is 8.51. The first-order valence-corrected chi connectivity index (χ1v) is 8.51. The number of nitrogens with zero attached hydrogens (tertiary/aromatic N) is 3. The van der Waals surface area contributed by atoms with Gasteiger partial charge in [-0.05, 0) is 43.4 Å². The predicted molar refractivity (Wildman–Crippen MR) is 85.1 cm³/mol. The first kappa shape index (κ1) is 16.3. The SMILES string of the molecule is CC1CC(C)(C)CC2(C1)NC(=O)N(CN(CC#N)C1CC1)C2=O. The van der Waals surface area contributed by atoms with Gasteiger partial charge >= 0.3 is 6.03 Å². The van der Waals surface area contributed by atoms with Crippen molar-refractivity contribution in [1.29, 1.82) is 5.26 Å². The number of carbonyl (C=O) groups excluding carboxylic acids is 2. The standard InChI is InChI=1S/C17H26N4O2/c1-12-8-16(2,3)10-17(9-12)14(22)21(15(23)19-17)11-20(7-6-18)13-4-5-13/h12-13H,4-5,7-11H2,1-3H3,(H,19,23). The summed E-state index contributed by atoms with van der Waals surface area (Å²) in [6, 6.07) is 2.18. The van der Waals surface area contributed by atoms with Crippen LogP contribution in [0, 0.1) is 22.7 Å². The van der Waals surface area contributed by atoms with E-state index < -0.39 is 5.54 Å². The molecular weight excluding hydrogens is 292 g/mol. The van der Waals surface area contributed by atoms with E-state index >= 15 is 0 Å². The summed E-state index contributed by atoms with van der Waals surface area (Å²) in [5.74, 6) is 0.298. The Hall–Kier alpha value is -1.61. The van der Waals surface area contributed by atoms with Crippen LogP contribution in [0.3, 0.4) is 0 Å². The molecule has 126 valence electrons. The van der Waals surface area contributed by atoms with Gasteiger partial charge in [0.1, 0.15) is 5.54 Å². The van der Waals surface area contributed by atoms with Gasteiger partial charge in [-0.3, -0.25) is 9.69 Å². The van der Waals surface area contributed by atoms with E-state index in [-0.39, 0.29) is 30.6 Å². The van der Waals surface area contributed by atoms with Crippen molar-refractivity contribution in [1.82, 2.24) is 15.1 Å². The van der Waals surface area contributed by atoms with Crippen LogP contribution in [0.2, 0.25) is 0 Å². The number of nitriles is 1. The monoisotopic (exact) mass is 318 g/mol. The molecule has 2 unspecified atom stereocenters. The predicted octanol–water partition coefficient (Wildman–Crippen LogP) is 2.07. The molecule has 0 radical (unpaired) electrons. The quantitative estimate of drug-likeness (QED) is 0.636. The van der Waals surface area contributed by atoms with E-state index in [0.717, 1.165) is 19.3 Å². The van der Waals surface area contributed by atoms with Gasteiger partial charge in [0.05, 0.1) is 19.3 Å². The van der Waals surface area contributed by atoms with E-state index in [1.165, 1.54) is 4.90 Å². The molecule has 1 N–H and O–H groups in total. The zero-order valence-electron chi connectivity index (χ0n) is 14.3. The van der Waals surface area contributed by atoms with Crippen molar-refractivity contribution >= 4 is 11.9 Å². The lowest BCUT2D eigenvalue weighted by molar-refractivity contribution is -0.136. The molecule has 0 aromatic heterocycles. The maximum atomic E-state index is 13.0. The van der Waals surface area contributed by atoms with E-state index in [0.29, 0.717) is 24.8 Å². The van der Waals surface area contributed by atoms with Crippen LogP contribution in [0.15, 0.2) is 0 Å². The molecule has 3 fully saturated rings. The second-order valence-corrected chi connectivity index (χ2v) is 8.38. The van der Waals surface area contributed by atoms with Crippen LogP contribution in [0.25, 0.3) is 0 Å². The molecule has 2 saturated carbocycles. The highest BCUT2D eigenvalue weighted by molar-refractivity contribution is 6.07. The first-order chi connectivity index (χ1) is 10.8. The minimum atomic E-state index is -0.750. The van der Waals surface area contributed by atoms with Crippen LogP contribution >= 0.6 is 0 Å². The van der Waals surface area contributed by atoms with Crippen LogP contribution in [0.4, 0.5) is 4.79 Å². The largest absolute Gasteiger partial charge is 0.326 e. The molecule has 23 heavy (non-hydrogen) atoms. The van der Waals surface area contributed by atoms with Gasteiger partial charge in [0.15, 0.2) is 0 Å². The Morgan fingerprint density at radius 1 is 1.35 bits per heavy atom. The number of hydrogen-bond acceptors (Lipinski definition) is 4. The van der Waals surface area contributed by atoms with Crippen LogP contribution in [-0.4, -0.2) is 46.5 Å². The highest BCUT2D eigenvalue weighted by atomic mass is 16.2. The van der Waals surface area contributed by atoms with Crippen molar-refractivity contribution in [2.24, 2.45) is 11.3 Å². The summed E-state index contributed by atoms with van der Waals surface area (Å²) in [6.07, 6.45) is 4.55. The molecule has 1 saturated heterocycles. The van der Waals surface area contributed by atoms with E-state index in [4.69, 9.17) is 5.26 Å². The summed E-state index contributed by atoms with van der Waals surface area (Å²) in [4.78, 5) is 28.7. The van der Waals surface area contributed by atoms with Crippen molar-refractivity contribution in [3.05, 3.63) is 0 Å². The van der Waals surface area contributed by atoms with Crippen molar-refractivity contribution in [2.45, 2.75) is 64.5 Å². The van der Waals surface area contributed by atoms with Gasteiger partial charge in [-0.25, -0.2) is 9.69 Å². The van der Waals surface area contributed by atoms with Crippen molar-refractivity contribution in [3.8, 4) is 6.07 Å². The minimum absolute atomic E-state index is 0.0411. The Bertz CT molecular complexity index is 563. The Morgan fingerprint density at radius 3 is 2.61 bits per heavy atom. The third-order valence-corrected chi connectivity index (χ3v) is 5.28. The van der Waals surface area contributed by atoms with E-state index in [9.17, 15) is 9.59 Å². The van der Waals surface area contributed by atoms with E-state index in [1.807, 2.05) is 4.90 Å². The maximum Gasteiger partial charge on any atom is 0.326 e. The number of amides is 3. The lowest BCUT2D eigenvalue weighted by Gasteiger charge is -2.44. The van der Waals surface area contributed by atoms with Crippen LogP contribution in [0.1, 0.15) is 52.9 Å². The highest BCUT2D eigenvalue weighted by Crippen LogP contribution is 2.46. The number of rotatable bonds is 4. The summed E-state index contributed by atoms with van der Waals surface area (Å²) >= 11 is 0. The molecule has 3 aliphatic rings. The van der Waals surface area contributed by atoms with Crippen LogP contribution < -0.4 is 5.32 Å². The lowest BCUT2D eigenvalue weighted by Crippen LogP contribution is -2.54. The number of nitrogens with one attached hydrogen (secondary N) is 1. The molecule has 2 atom stereocenters. The van der Waals surface area contributed by atoms with Gasteiger partial charge in [0.25, 0.3) is 5.91 Å². The normalized spacial score (nSPS) is 33.2. The van der Waals surface area contributed by atoms with Gasteiger partial charge < -0.3 is 5.32 Å². The van der Waals surface area contributed by atoms with E-state index in [1.54, 1.807) is 0 Å². The summed E-state index contributed by atoms with van der Waals surface area (Å²) in [5.41, 5.74) is -0.709. The van der Waals surface area contributed by atoms with Gasteiger partial charge in [0.2, 0.25) is 0 Å². The van der Waals surface area contributed by atoms with Crippen LogP contribution in [-0.2, 0) is 4.79 Å². The Balaban J connectivity index is 1.78. The maximum absolute atomic E-state index is 13.0. The molecule has 6 nitrogen and oxygen atoms in total. The lowest BCUT2D eigenvalue weighted by atomic mass is 9.64. The summed E-state index contributed by atoms with van der Waals surface area (Å²) < 4.78 is 0. The third kappa shape index (κ3) is 3.07. The third-order valence-electron chi connectivity index (χ3n) is 5.28. The molecule has 2 aliphatic carbocycles. The molecule has 0 aromatic rings. The Labute approximate surface area is 137 Å². The van der Waals surface area contributed by atoms with Gasteiger partial charge in [-0.15, -0.1) is 0 Å². The zero-order valence-corrected chi connectivity index (χ0v) is 14.3. The number of carbonyl (C=O) groups is 2. The molecule has 3 rings (SSSR count). The molecule has 1 spiro atoms. The second-order valence-electron chi connectivity index (χ2n) is 8.38. The van der Waals surface area contributed by atoms with E-state index in [2.05, 4.69) is 32.2 Å². The fraction of sp³-hybridized carbons (Fsp3) is 0.824. The Morgan fingerprint density at radius 2 is 2.04 bits per heavy atom. The molecule has 3 amide bonds. The molecular formula is C17H26N4O2. The molecule has 6 heteroatoms. The van der Waals surface area contributed by atoms with Crippen molar-refractivity contribution in [2.75, 3.05) is 13.2 Å². The van der Waals surface area contributed by atoms with Gasteiger partial charge in [-0.2, -0.15) is 5.26 Å². The molecule has 1 aliphatic heterocycles. The average molecular weight is 318 g/mol. The molecule has 1 heterocycles. The minimum Gasteiger partial charge on any atom is -0.323 e. The number of imide groups is 1. The fourth-order valence-corrected chi connectivity index (χ4v) is 4.64. The summed E-state index contributed by atoms with van der Waals surface area (Å²) in [6.45, 7) is 6.98.